The zero-order valence-electron chi connectivity index (χ0n) is 7.77. The Morgan fingerprint density at radius 2 is 2.36 bits per heavy atom. The lowest BCUT2D eigenvalue weighted by atomic mass is 10.2. The Labute approximate surface area is 86.7 Å². The number of rotatable bonds is 2. The van der Waals surface area contributed by atoms with Crippen LogP contribution in [0.5, 0.6) is 0 Å². The van der Waals surface area contributed by atoms with E-state index >= 15 is 0 Å². The van der Waals surface area contributed by atoms with Gasteiger partial charge in [0.2, 0.25) is 5.91 Å². The van der Waals surface area contributed by atoms with E-state index in [-0.39, 0.29) is 12.1 Å². The van der Waals surface area contributed by atoms with Gasteiger partial charge in [-0.25, -0.2) is 0 Å². The van der Waals surface area contributed by atoms with Crippen LogP contribution < -0.4 is 5.32 Å². The Hall–Kier alpha value is -0.870. The Morgan fingerprint density at radius 3 is 3.00 bits per heavy atom. The predicted molar refractivity (Wildman–Crippen MR) is 54.9 cm³/mol. The molecule has 14 heavy (non-hydrogen) atoms. The molecule has 1 aromatic heterocycles. The molecule has 0 radical (unpaired) electrons. The summed E-state index contributed by atoms with van der Waals surface area (Å²) >= 11 is 1.68. The lowest BCUT2D eigenvalue weighted by Crippen LogP contribution is -2.31. The third kappa shape index (κ3) is 1.26. The third-order valence-electron chi connectivity index (χ3n) is 2.81. The van der Waals surface area contributed by atoms with Gasteiger partial charge < -0.3 is 4.90 Å². The Morgan fingerprint density at radius 1 is 1.50 bits per heavy atom. The average molecular weight is 208 g/mol. The van der Waals surface area contributed by atoms with Crippen LogP contribution in [-0.2, 0) is 4.79 Å². The summed E-state index contributed by atoms with van der Waals surface area (Å²) in [5.41, 5.74) is 1.23. The normalized spacial score (nSPS) is 27.3. The number of hydrogen-bond acceptors (Lipinski definition) is 3. The zero-order chi connectivity index (χ0) is 9.54. The number of hydrogen-bond donors (Lipinski definition) is 1. The molecular formula is C10H12N2OS. The number of carbonyl (C=O) groups is 1. The molecule has 1 aliphatic carbocycles. The summed E-state index contributed by atoms with van der Waals surface area (Å²) in [4.78, 5) is 13.6. The highest BCUT2D eigenvalue weighted by Crippen LogP contribution is 2.35. The van der Waals surface area contributed by atoms with Gasteiger partial charge in [0, 0.05) is 6.04 Å². The largest absolute Gasteiger partial charge is 0.319 e. The second kappa shape index (κ2) is 3.07. The van der Waals surface area contributed by atoms with E-state index in [1.807, 2.05) is 4.90 Å². The van der Waals surface area contributed by atoms with Crippen molar-refractivity contribution < 1.29 is 4.79 Å². The molecule has 2 fully saturated rings. The van der Waals surface area contributed by atoms with Crippen molar-refractivity contribution in [2.24, 2.45) is 0 Å². The smallest absolute Gasteiger partial charge is 0.238 e. The Kier molecular flexibility index (Phi) is 1.85. The summed E-state index contributed by atoms with van der Waals surface area (Å²) in [5, 5.41) is 7.44. The fourth-order valence-corrected chi connectivity index (χ4v) is 2.67. The number of nitrogens with one attached hydrogen (secondary N) is 1. The number of carbonyl (C=O) groups excluding carboxylic acids is 1. The van der Waals surface area contributed by atoms with Gasteiger partial charge >= 0.3 is 0 Å². The maximum absolute atomic E-state index is 11.6. The van der Waals surface area contributed by atoms with E-state index in [9.17, 15) is 4.79 Å². The molecule has 0 spiro atoms. The van der Waals surface area contributed by atoms with Crippen molar-refractivity contribution in [2.75, 3.05) is 6.54 Å². The van der Waals surface area contributed by atoms with Gasteiger partial charge in [0.1, 0.15) is 6.17 Å². The van der Waals surface area contributed by atoms with Gasteiger partial charge in [0.15, 0.2) is 0 Å². The highest BCUT2D eigenvalue weighted by Gasteiger charge is 2.41. The van der Waals surface area contributed by atoms with Gasteiger partial charge in [-0.1, -0.05) is 0 Å². The summed E-state index contributed by atoms with van der Waals surface area (Å²) in [6, 6.07) is 2.60. The predicted octanol–water partition coefficient (Wildman–Crippen LogP) is 1.34. The van der Waals surface area contributed by atoms with Gasteiger partial charge in [-0.15, -0.1) is 0 Å². The lowest BCUT2D eigenvalue weighted by Gasteiger charge is -2.23. The molecule has 1 unspecified atom stereocenters. The number of thiophene rings is 1. The molecule has 0 aromatic carbocycles. The van der Waals surface area contributed by atoms with Crippen LogP contribution in [0.25, 0.3) is 0 Å². The minimum atomic E-state index is 0.140. The molecule has 1 saturated heterocycles. The van der Waals surface area contributed by atoms with E-state index in [0.29, 0.717) is 12.6 Å². The molecule has 1 N–H and O–H groups in total. The molecular weight excluding hydrogens is 196 g/mol. The molecule has 1 aliphatic heterocycles. The van der Waals surface area contributed by atoms with Crippen molar-refractivity contribution in [2.45, 2.75) is 25.0 Å². The molecule has 3 nitrogen and oxygen atoms in total. The second-order valence-corrected chi connectivity index (χ2v) is 4.65. The highest BCUT2D eigenvalue weighted by molar-refractivity contribution is 7.07. The van der Waals surface area contributed by atoms with Crippen molar-refractivity contribution in [3.8, 4) is 0 Å². The van der Waals surface area contributed by atoms with E-state index in [2.05, 4.69) is 22.1 Å². The minimum absolute atomic E-state index is 0.140. The lowest BCUT2D eigenvalue weighted by molar-refractivity contribution is -0.128. The number of nitrogens with zero attached hydrogens (tertiary/aromatic N) is 1. The summed E-state index contributed by atoms with van der Waals surface area (Å²) < 4.78 is 0. The summed E-state index contributed by atoms with van der Waals surface area (Å²) in [6.45, 7) is 0.497. The first-order valence-electron chi connectivity index (χ1n) is 4.93. The standard InChI is InChI=1S/C10H12N2OS/c13-9-5-11-10(7-3-4-14-6-7)12(9)8-1-2-8/h3-4,6,8,10-11H,1-2,5H2. The third-order valence-corrected chi connectivity index (χ3v) is 3.51. The molecule has 4 heteroatoms. The maximum atomic E-state index is 11.6. The van der Waals surface area contributed by atoms with Crippen molar-refractivity contribution in [1.82, 2.24) is 10.2 Å². The fraction of sp³-hybridized carbons (Fsp3) is 0.500. The van der Waals surface area contributed by atoms with Crippen LogP contribution in [0, 0.1) is 0 Å². The first-order chi connectivity index (χ1) is 6.86. The van der Waals surface area contributed by atoms with Crippen LogP contribution >= 0.6 is 11.3 Å². The van der Waals surface area contributed by atoms with E-state index in [1.54, 1.807) is 11.3 Å². The first kappa shape index (κ1) is 8.44. The van der Waals surface area contributed by atoms with Crippen LogP contribution in [-0.4, -0.2) is 23.4 Å². The summed E-state index contributed by atoms with van der Waals surface area (Å²) in [7, 11) is 0. The molecule has 74 valence electrons. The van der Waals surface area contributed by atoms with Crippen LogP contribution in [0.2, 0.25) is 0 Å². The van der Waals surface area contributed by atoms with Gasteiger partial charge in [-0.05, 0) is 35.2 Å². The molecule has 2 aliphatic rings. The molecule has 1 aromatic rings. The SMILES string of the molecule is O=C1CNC(c2ccsc2)N1C1CC1. The zero-order valence-corrected chi connectivity index (χ0v) is 8.59. The monoisotopic (exact) mass is 208 g/mol. The van der Waals surface area contributed by atoms with Gasteiger partial charge in [0.05, 0.1) is 6.54 Å². The second-order valence-electron chi connectivity index (χ2n) is 3.87. The Bertz CT molecular complexity index is 345. The van der Waals surface area contributed by atoms with Crippen LogP contribution in [0.3, 0.4) is 0 Å². The Balaban J connectivity index is 1.88. The van der Waals surface area contributed by atoms with Crippen LogP contribution in [0.1, 0.15) is 24.6 Å². The van der Waals surface area contributed by atoms with Crippen molar-refractivity contribution in [3.05, 3.63) is 22.4 Å². The fourth-order valence-electron chi connectivity index (χ4n) is 1.99. The average Bonchev–Trinajstić information content (AvgIpc) is 2.75. The topological polar surface area (TPSA) is 32.3 Å². The van der Waals surface area contributed by atoms with Gasteiger partial charge in [0.25, 0.3) is 0 Å². The molecule has 0 bridgehead atoms. The molecule has 1 saturated carbocycles. The van der Waals surface area contributed by atoms with Crippen molar-refractivity contribution >= 4 is 17.2 Å². The first-order valence-corrected chi connectivity index (χ1v) is 5.87. The molecule has 2 heterocycles. The molecule has 1 atom stereocenters. The van der Waals surface area contributed by atoms with Gasteiger partial charge in [-0.2, -0.15) is 11.3 Å². The number of amides is 1. The van der Waals surface area contributed by atoms with E-state index in [4.69, 9.17) is 0 Å². The quantitative estimate of drug-likeness (QED) is 0.795. The highest BCUT2D eigenvalue weighted by atomic mass is 32.1. The summed E-state index contributed by atoms with van der Waals surface area (Å²) in [6.07, 6.45) is 2.49. The van der Waals surface area contributed by atoms with Gasteiger partial charge in [-0.3, -0.25) is 10.1 Å². The van der Waals surface area contributed by atoms with Crippen LogP contribution in [0.4, 0.5) is 0 Å². The summed E-state index contributed by atoms with van der Waals surface area (Å²) in [5.74, 6) is 0.253. The van der Waals surface area contributed by atoms with E-state index in [0.717, 1.165) is 0 Å². The van der Waals surface area contributed by atoms with Crippen LogP contribution in [0.15, 0.2) is 16.8 Å². The molecule has 1 amide bonds. The van der Waals surface area contributed by atoms with E-state index in [1.165, 1.54) is 18.4 Å². The van der Waals surface area contributed by atoms with Crippen molar-refractivity contribution in [3.63, 3.8) is 0 Å². The minimum Gasteiger partial charge on any atom is -0.319 e. The van der Waals surface area contributed by atoms with E-state index < -0.39 is 0 Å². The maximum Gasteiger partial charge on any atom is 0.238 e. The molecule has 3 rings (SSSR count). The van der Waals surface area contributed by atoms with Crippen molar-refractivity contribution in [1.29, 1.82) is 0 Å².